The van der Waals surface area contributed by atoms with E-state index < -0.39 is 12.0 Å². The van der Waals surface area contributed by atoms with Crippen LogP contribution in [0.15, 0.2) is 22.7 Å². The summed E-state index contributed by atoms with van der Waals surface area (Å²) in [6.07, 6.45) is 2.31. The molecule has 0 aliphatic heterocycles. The first kappa shape index (κ1) is 16.0. The Balaban J connectivity index is 2.82. The topological polar surface area (TPSA) is 66.4 Å². The molecule has 0 aliphatic carbocycles. The molecule has 0 saturated heterocycles. The lowest BCUT2D eigenvalue weighted by atomic mass is 10.1. The zero-order chi connectivity index (χ0) is 14.4. The first-order valence-corrected chi connectivity index (χ1v) is 7.93. The van der Waals surface area contributed by atoms with Gasteiger partial charge in [-0.2, -0.15) is 11.8 Å². The summed E-state index contributed by atoms with van der Waals surface area (Å²) < 4.78 is 0.830. The Hall–Kier alpha value is -1.01. The number of nitrogens with one attached hydrogen (secondary N) is 1. The summed E-state index contributed by atoms with van der Waals surface area (Å²) in [5.74, 6) is -0.670. The third-order valence-electron chi connectivity index (χ3n) is 2.73. The van der Waals surface area contributed by atoms with Crippen LogP contribution in [0.4, 0.5) is 0 Å². The average molecular weight is 346 g/mol. The van der Waals surface area contributed by atoms with Crippen molar-refractivity contribution < 1.29 is 14.7 Å². The maximum atomic E-state index is 12.1. The number of carboxylic acid groups (broad SMARTS) is 1. The summed E-state index contributed by atoms with van der Waals surface area (Å²) in [6, 6.07) is 4.43. The number of halogens is 1. The van der Waals surface area contributed by atoms with E-state index in [-0.39, 0.29) is 5.91 Å². The average Bonchev–Trinajstić information content (AvgIpc) is 2.37. The number of rotatable bonds is 6. The highest BCUT2D eigenvalue weighted by Crippen LogP contribution is 2.19. The Kier molecular flexibility index (Phi) is 6.37. The predicted octanol–water partition coefficient (Wildman–Crippen LogP) is 2.69. The van der Waals surface area contributed by atoms with Crippen LogP contribution in [0, 0.1) is 6.92 Å². The second kappa shape index (κ2) is 7.55. The molecule has 4 nitrogen and oxygen atoms in total. The lowest BCUT2D eigenvalue weighted by Crippen LogP contribution is -2.41. The molecular weight excluding hydrogens is 330 g/mol. The molecule has 0 bridgehead atoms. The van der Waals surface area contributed by atoms with Crippen molar-refractivity contribution >= 4 is 39.6 Å². The van der Waals surface area contributed by atoms with Crippen molar-refractivity contribution in [2.75, 3.05) is 12.0 Å². The number of hydrogen-bond acceptors (Lipinski definition) is 3. The summed E-state index contributed by atoms with van der Waals surface area (Å²) in [5, 5.41) is 11.6. The Bertz CT molecular complexity index is 479. The van der Waals surface area contributed by atoms with Crippen LogP contribution in [0.25, 0.3) is 0 Å². The Labute approximate surface area is 125 Å². The van der Waals surface area contributed by atoms with Crippen LogP contribution in [-0.2, 0) is 4.79 Å². The van der Waals surface area contributed by atoms with Crippen molar-refractivity contribution in [1.82, 2.24) is 5.32 Å². The fourth-order valence-electron chi connectivity index (χ4n) is 1.58. The zero-order valence-electron chi connectivity index (χ0n) is 10.8. The highest BCUT2D eigenvalue weighted by molar-refractivity contribution is 9.10. The van der Waals surface area contributed by atoms with Gasteiger partial charge in [0, 0.05) is 10.0 Å². The normalized spacial score (nSPS) is 11.9. The van der Waals surface area contributed by atoms with Crippen LogP contribution >= 0.6 is 27.7 Å². The molecular formula is C13H16BrNO3S. The Morgan fingerprint density at radius 3 is 2.74 bits per heavy atom. The largest absolute Gasteiger partial charge is 0.480 e. The minimum Gasteiger partial charge on any atom is -0.480 e. The number of amides is 1. The van der Waals surface area contributed by atoms with Crippen LogP contribution in [0.3, 0.4) is 0 Å². The molecule has 0 aliphatic rings. The minimum atomic E-state index is -1.00. The van der Waals surface area contributed by atoms with Gasteiger partial charge in [0.1, 0.15) is 6.04 Å². The van der Waals surface area contributed by atoms with E-state index in [9.17, 15) is 9.59 Å². The zero-order valence-corrected chi connectivity index (χ0v) is 13.2. The van der Waals surface area contributed by atoms with E-state index in [0.29, 0.717) is 17.7 Å². The molecule has 0 unspecified atom stereocenters. The van der Waals surface area contributed by atoms with Crippen molar-refractivity contribution in [2.45, 2.75) is 19.4 Å². The molecule has 1 atom stereocenters. The van der Waals surface area contributed by atoms with Crippen LogP contribution in [0.2, 0.25) is 0 Å². The molecule has 0 fully saturated rings. The van der Waals surface area contributed by atoms with Gasteiger partial charge in [-0.25, -0.2) is 4.79 Å². The molecule has 1 aromatic carbocycles. The van der Waals surface area contributed by atoms with E-state index in [0.717, 1.165) is 10.0 Å². The number of hydrogen-bond donors (Lipinski definition) is 2. The third kappa shape index (κ3) is 4.54. The summed E-state index contributed by atoms with van der Waals surface area (Å²) in [7, 11) is 0. The number of carbonyl (C=O) groups excluding carboxylic acids is 1. The van der Waals surface area contributed by atoms with Crippen molar-refractivity contribution in [1.29, 1.82) is 0 Å². The second-order valence-electron chi connectivity index (χ2n) is 4.06. The van der Waals surface area contributed by atoms with Gasteiger partial charge in [-0.3, -0.25) is 4.79 Å². The molecule has 1 rings (SSSR count). The quantitative estimate of drug-likeness (QED) is 0.831. The smallest absolute Gasteiger partial charge is 0.326 e. The minimum absolute atomic E-state index is 0.354. The second-order valence-corrected chi connectivity index (χ2v) is 5.90. The number of benzene rings is 1. The van der Waals surface area contributed by atoms with Gasteiger partial charge in [0.2, 0.25) is 0 Å². The van der Waals surface area contributed by atoms with E-state index in [4.69, 9.17) is 5.11 Å². The maximum absolute atomic E-state index is 12.1. The summed E-state index contributed by atoms with van der Waals surface area (Å²) in [5.41, 5.74) is 1.29. The highest BCUT2D eigenvalue weighted by atomic mass is 79.9. The SMILES string of the molecule is CSCC[C@H](NC(=O)c1cccc(Br)c1C)C(=O)O. The molecule has 0 saturated carbocycles. The summed E-state index contributed by atoms with van der Waals surface area (Å²) in [6.45, 7) is 1.82. The molecule has 1 aromatic rings. The van der Waals surface area contributed by atoms with E-state index in [2.05, 4.69) is 21.2 Å². The first-order chi connectivity index (χ1) is 8.97. The number of aliphatic carboxylic acids is 1. The first-order valence-electron chi connectivity index (χ1n) is 5.75. The number of carbonyl (C=O) groups is 2. The Morgan fingerprint density at radius 1 is 1.47 bits per heavy atom. The van der Waals surface area contributed by atoms with E-state index in [1.807, 2.05) is 19.2 Å². The van der Waals surface area contributed by atoms with E-state index in [1.165, 1.54) is 0 Å². The van der Waals surface area contributed by atoms with Crippen LogP contribution in [-0.4, -0.2) is 35.0 Å². The molecule has 0 radical (unpaired) electrons. The molecule has 6 heteroatoms. The van der Waals surface area contributed by atoms with Crippen LogP contribution < -0.4 is 5.32 Å². The predicted molar refractivity (Wildman–Crippen MR) is 80.8 cm³/mol. The van der Waals surface area contributed by atoms with Crippen molar-refractivity contribution in [3.63, 3.8) is 0 Å². The fraction of sp³-hybridized carbons (Fsp3) is 0.385. The van der Waals surface area contributed by atoms with E-state index >= 15 is 0 Å². The van der Waals surface area contributed by atoms with Gasteiger partial charge < -0.3 is 10.4 Å². The monoisotopic (exact) mass is 345 g/mol. The maximum Gasteiger partial charge on any atom is 0.326 e. The van der Waals surface area contributed by atoms with Crippen molar-refractivity contribution in [3.05, 3.63) is 33.8 Å². The Morgan fingerprint density at radius 2 is 2.16 bits per heavy atom. The molecule has 0 spiro atoms. The molecule has 0 aromatic heterocycles. The molecule has 19 heavy (non-hydrogen) atoms. The molecule has 1 amide bonds. The van der Waals surface area contributed by atoms with Crippen molar-refractivity contribution in [2.24, 2.45) is 0 Å². The van der Waals surface area contributed by atoms with Gasteiger partial charge in [-0.05, 0) is 43.0 Å². The molecule has 0 heterocycles. The van der Waals surface area contributed by atoms with Gasteiger partial charge in [-0.15, -0.1) is 0 Å². The lowest BCUT2D eigenvalue weighted by Gasteiger charge is -2.15. The lowest BCUT2D eigenvalue weighted by molar-refractivity contribution is -0.139. The van der Waals surface area contributed by atoms with Crippen LogP contribution in [0.1, 0.15) is 22.3 Å². The highest BCUT2D eigenvalue weighted by Gasteiger charge is 2.21. The van der Waals surface area contributed by atoms with E-state index in [1.54, 1.807) is 23.9 Å². The summed E-state index contributed by atoms with van der Waals surface area (Å²) in [4.78, 5) is 23.2. The number of carboxylic acids is 1. The standard InChI is InChI=1S/C13H16BrNO3S/c1-8-9(4-3-5-10(8)14)12(16)15-11(13(17)18)6-7-19-2/h3-5,11H,6-7H2,1-2H3,(H,15,16)(H,17,18)/t11-/m0/s1. The van der Waals surface area contributed by atoms with Gasteiger partial charge in [0.15, 0.2) is 0 Å². The van der Waals surface area contributed by atoms with Gasteiger partial charge in [0.05, 0.1) is 0 Å². The summed E-state index contributed by atoms with van der Waals surface area (Å²) >= 11 is 4.91. The molecule has 104 valence electrons. The van der Waals surface area contributed by atoms with Gasteiger partial charge in [0.25, 0.3) is 5.91 Å². The number of thioether (sulfide) groups is 1. The van der Waals surface area contributed by atoms with Crippen LogP contribution in [0.5, 0.6) is 0 Å². The fourth-order valence-corrected chi connectivity index (χ4v) is 2.42. The third-order valence-corrected chi connectivity index (χ3v) is 4.23. The van der Waals surface area contributed by atoms with Gasteiger partial charge >= 0.3 is 5.97 Å². The van der Waals surface area contributed by atoms with Crippen molar-refractivity contribution in [3.8, 4) is 0 Å². The molecule has 2 N–H and O–H groups in total. The van der Waals surface area contributed by atoms with Gasteiger partial charge in [-0.1, -0.05) is 22.0 Å².